The largest absolute Gasteiger partial charge is 0.416 e. The normalized spacial score (nSPS) is 18.1. The smallest absolute Gasteiger partial charge is 0.341 e. The second kappa shape index (κ2) is 11.1. The lowest BCUT2D eigenvalue weighted by Crippen LogP contribution is -2.47. The molecule has 1 saturated heterocycles. The van der Waals surface area contributed by atoms with Crippen molar-refractivity contribution < 1.29 is 35.9 Å². The van der Waals surface area contributed by atoms with E-state index in [-0.39, 0.29) is 42.7 Å². The standard InChI is InChI=1S/C28H25F6N3O2/c1-36(16-18-13-20(27(29,30)31)15-21(14-18)28(32,33)34)25(38)22-10-12-37(26(39)24-9-5-6-11-35-24)17-23(22)19-7-3-2-4-8-19/h2-9,11,13-15,22-23H,10,12,16-17H2,1H3/t22-,23-/m0/s1. The van der Waals surface area contributed by atoms with Crippen molar-refractivity contribution in [1.82, 2.24) is 14.8 Å². The number of hydrogen-bond acceptors (Lipinski definition) is 3. The van der Waals surface area contributed by atoms with Gasteiger partial charge in [0.2, 0.25) is 5.91 Å². The van der Waals surface area contributed by atoms with Crippen LogP contribution >= 0.6 is 0 Å². The topological polar surface area (TPSA) is 53.5 Å². The van der Waals surface area contributed by atoms with Gasteiger partial charge in [-0.25, -0.2) is 0 Å². The van der Waals surface area contributed by atoms with Crippen LogP contribution in [0.15, 0.2) is 72.9 Å². The van der Waals surface area contributed by atoms with Gasteiger partial charge in [0.05, 0.1) is 11.1 Å². The van der Waals surface area contributed by atoms with Crippen LogP contribution < -0.4 is 0 Å². The molecule has 2 amide bonds. The van der Waals surface area contributed by atoms with Gasteiger partial charge in [0.15, 0.2) is 0 Å². The Labute approximate surface area is 221 Å². The third kappa shape index (κ3) is 6.58. The van der Waals surface area contributed by atoms with Gasteiger partial charge in [-0.3, -0.25) is 14.6 Å². The molecule has 0 N–H and O–H groups in total. The molecule has 3 aromatic rings. The summed E-state index contributed by atoms with van der Waals surface area (Å²) < 4.78 is 79.8. The molecule has 4 rings (SSSR count). The number of rotatable bonds is 5. The monoisotopic (exact) mass is 549 g/mol. The second-order valence-electron chi connectivity index (χ2n) is 9.49. The average Bonchev–Trinajstić information content (AvgIpc) is 2.91. The van der Waals surface area contributed by atoms with Gasteiger partial charge < -0.3 is 9.80 Å². The summed E-state index contributed by atoms with van der Waals surface area (Å²) in [4.78, 5) is 33.5. The molecule has 0 aliphatic carbocycles. The molecule has 5 nitrogen and oxygen atoms in total. The van der Waals surface area contributed by atoms with Crippen LogP contribution in [-0.2, 0) is 23.7 Å². The number of pyridine rings is 1. The molecule has 0 saturated carbocycles. The Balaban J connectivity index is 1.58. The van der Waals surface area contributed by atoms with Gasteiger partial charge >= 0.3 is 12.4 Å². The van der Waals surface area contributed by atoms with Crippen LogP contribution in [0.3, 0.4) is 0 Å². The molecule has 2 aromatic carbocycles. The van der Waals surface area contributed by atoms with Crippen molar-refractivity contribution in [3.05, 3.63) is 101 Å². The van der Waals surface area contributed by atoms with Crippen molar-refractivity contribution >= 4 is 11.8 Å². The minimum Gasteiger partial charge on any atom is -0.341 e. The van der Waals surface area contributed by atoms with Crippen LogP contribution in [-0.4, -0.2) is 46.7 Å². The fourth-order valence-electron chi connectivity index (χ4n) is 4.87. The highest BCUT2D eigenvalue weighted by Gasteiger charge is 2.40. The summed E-state index contributed by atoms with van der Waals surface area (Å²) in [6.07, 6.45) is -8.20. The summed E-state index contributed by atoms with van der Waals surface area (Å²) in [6, 6.07) is 15.3. The number of benzene rings is 2. The summed E-state index contributed by atoms with van der Waals surface area (Å²) in [7, 11) is 1.35. The number of piperidine rings is 1. The summed E-state index contributed by atoms with van der Waals surface area (Å²) in [5, 5.41) is 0. The Morgan fingerprint density at radius 2 is 1.54 bits per heavy atom. The van der Waals surface area contributed by atoms with Crippen molar-refractivity contribution in [2.24, 2.45) is 5.92 Å². The van der Waals surface area contributed by atoms with Gasteiger partial charge in [0.25, 0.3) is 5.91 Å². The number of hydrogen-bond donors (Lipinski definition) is 0. The first-order valence-corrected chi connectivity index (χ1v) is 12.1. The van der Waals surface area contributed by atoms with Gasteiger partial charge in [0.1, 0.15) is 5.69 Å². The Hall–Kier alpha value is -3.89. The highest BCUT2D eigenvalue weighted by atomic mass is 19.4. The van der Waals surface area contributed by atoms with E-state index in [9.17, 15) is 35.9 Å². The molecule has 2 heterocycles. The van der Waals surface area contributed by atoms with Crippen molar-refractivity contribution in [1.29, 1.82) is 0 Å². The van der Waals surface area contributed by atoms with Crippen LogP contribution in [0.5, 0.6) is 0 Å². The van der Waals surface area contributed by atoms with Gasteiger partial charge in [0, 0.05) is 44.7 Å². The third-order valence-corrected chi connectivity index (χ3v) is 6.77. The summed E-state index contributed by atoms with van der Waals surface area (Å²) in [5.74, 6) is -1.80. The maximum absolute atomic E-state index is 13.6. The average molecular weight is 550 g/mol. The molecular formula is C28H25F6N3O2. The molecule has 1 fully saturated rings. The number of halogens is 6. The highest BCUT2D eigenvalue weighted by molar-refractivity contribution is 5.92. The van der Waals surface area contributed by atoms with E-state index < -0.39 is 47.8 Å². The van der Waals surface area contributed by atoms with Crippen LogP contribution in [0.25, 0.3) is 0 Å². The predicted molar refractivity (Wildman–Crippen MR) is 130 cm³/mol. The molecule has 0 unspecified atom stereocenters. The Morgan fingerprint density at radius 3 is 2.10 bits per heavy atom. The van der Waals surface area contributed by atoms with Crippen molar-refractivity contribution in [2.45, 2.75) is 31.2 Å². The molecule has 0 radical (unpaired) electrons. The number of carbonyl (C=O) groups is 2. The van der Waals surface area contributed by atoms with E-state index in [2.05, 4.69) is 4.98 Å². The van der Waals surface area contributed by atoms with Crippen LogP contribution in [0, 0.1) is 5.92 Å². The second-order valence-corrected chi connectivity index (χ2v) is 9.49. The van der Waals surface area contributed by atoms with Gasteiger partial charge in [-0.2, -0.15) is 26.3 Å². The first-order chi connectivity index (χ1) is 18.3. The lowest BCUT2D eigenvalue weighted by molar-refractivity contribution is -0.143. The van der Waals surface area contributed by atoms with Crippen molar-refractivity contribution in [2.75, 3.05) is 20.1 Å². The van der Waals surface area contributed by atoms with Crippen LogP contribution in [0.4, 0.5) is 26.3 Å². The molecular weight excluding hydrogens is 524 g/mol. The first kappa shape index (κ1) is 28.1. The van der Waals surface area contributed by atoms with Crippen molar-refractivity contribution in [3.63, 3.8) is 0 Å². The maximum atomic E-state index is 13.6. The van der Waals surface area contributed by atoms with E-state index in [4.69, 9.17) is 0 Å². The van der Waals surface area contributed by atoms with Crippen LogP contribution in [0.1, 0.15) is 45.1 Å². The molecule has 1 aliphatic rings. The fourth-order valence-corrected chi connectivity index (χ4v) is 4.87. The summed E-state index contributed by atoms with van der Waals surface area (Å²) in [5.41, 5.74) is -2.10. The fraction of sp³-hybridized carbons (Fsp3) is 0.321. The van der Waals surface area contributed by atoms with E-state index in [0.29, 0.717) is 12.1 Å². The zero-order valence-electron chi connectivity index (χ0n) is 20.8. The molecule has 0 spiro atoms. The molecule has 206 valence electrons. The molecule has 2 atom stereocenters. The lowest BCUT2D eigenvalue weighted by atomic mass is 9.79. The van der Waals surface area contributed by atoms with E-state index >= 15 is 0 Å². The van der Waals surface area contributed by atoms with E-state index in [1.54, 1.807) is 41.3 Å². The van der Waals surface area contributed by atoms with Gasteiger partial charge in [-0.05, 0) is 47.9 Å². The Morgan fingerprint density at radius 1 is 0.923 bits per heavy atom. The van der Waals surface area contributed by atoms with E-state index in [1.807, 2.05) is 12.1 Å². The highest BCUT2D eigenvalue weighted by Crippen LogP contribution is 2.38. The summed E-state index contributed by atoms with van der Waals surface area (Å²) >= 11 is 0. The maximum Gasteiger partial charge on any atom is 0.416 e. The minimum absolute atomic E-state index is 0.0606. The zero-order chi connectivity index (χ0) is 28.4. The van der Waals surface area contributed by atoms with Crippen molar-refractivity contribution in [3.8, 4) is 0 Å². The number of amides is 2. The lowest BCUT2D eigenvalue weighted by Gasteiger charge is -2.39. The minimum atomic E-state index is -4.98. The quantitative estimate of drug-likeness (QED) is 0.366. The molecule has 39 heavy (non-hydrogen) atoms. The number of alkyl halides is 6. The van der Waals surface area contributed by atoms with Gasteiger partial charge in [-0.15, -0.1) is 0 Å². The molecule has 1 aliphatic heterocycles. The first-order valence-electron chi connectivity index (χ1n) is 12.1. The number of aromatic nitrogens is 1. The molecule has 0 bridgehead atoms. The Kier molecular flexibility index (Phi) is 7.99. The molecule has 1 aromatic heterocycles. The third-order valence-electron chi connectivity index (χ3n) is 6.77. The van der Waals surface area contributed by atoms with E-state index in [1.165, 1.54) is 13.2 Å². The summed E-state index contributed by atoms with van der Waals surface area (Å²) in [6.45, 7) is -0.00333. The zero-order valence-corrected chi connectivity index (χ0v) is 20.8. The van der Waals surface area contributed by atoms with Gasteiger partial charge in [-0.1, -0.05) is 36.4 Å². The SMILES string of the molecule is CN(Cc1cc(C(F)(F)F)cc(C(F)(F)F)c1)C(=O)[C@H]1CCN(C(=O)c2ccccn2)C[C@H]1c1ccccc1. The predicted octanol–water partition coefficient (Wildman–Crippen LogP) is 6.02. The molecule has 11 heteroatoms. The number of carbonyl (C=O) groups excluding carboxylic acids is 2. The van der Waals surface area contributed by atoms with E-state index in [0.717, 1.165) is 10.5 Å². The number of nitrogens with zero attached hydrogens (tertiary/aromatic N) is 3. The Bertz CT molecular complexity index is 1280. The van der Waals surface area contributed by atoms with Crippen LogP contribution in [0.2, 0.25) is 0 Å². The number of likely N-dealkylation sites (tertiary alicyclic amines) is 1.